The Hall–Kier alpha value is -3.62. The van der Waals surface area contributed by atoms with Gasteiger partial charge >= 0.3 is 0 Å². The van der Waals surface area contributed by atoms with Gasteiger partial charge in [0.2, 0.25) is 0 Å². The largest absolute Gasteiger partial charge is 0.495 e. The van der Waals surface area contributed by atoms with Crippen molar-refractivity contribution in [1.29, 1.82) is 0 Å². The van der Waals surface area contributed by atoms with Gasteiger partial charge in [-0.05, 0) is 37.3 Å². The van der Waals surface area contributed by atoms with Crippen LogP contribution in [0.5, 0.6) is 5.75 Å². The number of aromatic nitrogens is 5. The monoisotopic (exact) mass is 489 g/mol. The average molecular weight is 490 g/mol. The first-order valence-corrected chi connectivity index (χ1v) is 11.8. The molecule has 3 aromatic carbocycles. The van der Waals surface area contributed by atoms with Gasteiger partial charge < -0.3 is 9.72 Å². The number of halogens is 1. The lowest BCUT2D eigenvalue weighted by Crippen LogP contribution is -2.13. The number of methoxy groups -OCH3 is 1. The van der Waals surface area contributed by atoms with Crippen LogP contribution in [0.4, 0.5) is 0 Å². The highest BCUT2D eigenvalue weighted by molar-refractivity contribution is 7.99. The van der Waals surface area contributed by atoms with Gasteiger partial charge in [0.05, 0.1) is 34.0 Å². The van der Waals surface area contributed by atoms with E-state index in [0.29, 0.717) is 38.5 Å². The molecule has 170 valence electrons. The van der Waals surface area contributed by atoms with E-state index >= 15 is 0 Å². The second-order valence-electron chi connectivity index (χ2n) is 7.55. The zero-order valence-corrected chi connectivity index (χ0v) is 20.0. The first-order chi connectivity index (χ1) is 16.5. The normalized spacial score (nSPS) is 12.1. The van der Waals surface area contributed by atoms with Crippen LogP contribution in [0.25, 0.3) is 28.0 Å². The summed E-state index contributed by atoms with van der Waals surface area (Å²) in [6.07, 6.45) is 0. The first-order valence-electron chi connectivity index (χ1n) is 10.6. The summed E-state index contributed by atoms with van der Waals surface area (Å²) in [5.41, 5.74) is 2.20. The molecular formula is C25H20ClN5O2S. The number of H-pyrrole nitrogens is 1. The Balaban J connectivity index is 1.59. The molecule has 1 unspecified atom stereocenters. The van der Waals surface area contributed by atoms with E-state index in [9.17, 15) is 4.79 Å². The maximum Gasteiger partial charge on any atom is 0.258 e. The Kier molecular flexibility index (Phi) is 6.08. The van der Waals surface area contributed by atoms with Crippen LogP contribution < -0.4 is 10.3 Å². The van der Waals surface area contributed by atoms with Crippen LogP contribution in [0.3, 0.4) is 0 Å². The highest BCUT2D eigenvalue weighted by Gasteiger charge is 2.21. The molecule has 0 fully saturated rings. The number of hydrogen-bond donors (Lipinski definition) is 1. The first kappa shape index (κ1) is 22.2. The zero-order valence-electron chi connectivity index (χ0n) is 18.4. The third-order valence-corrected chi connectivity index (χ3v) is 6.70. The van der Waals surface area contributed by atoms with Crippen LogP contribution in [-0.2, 0) is 0 Å². The fourth-order valence-electron chi connectivity index (χ4n) is 3.66. The summed E-state index contributed by atoms with van der Waals surface area (Å²) < 4.78 is 7.26. The molecule has 0 saturated heterocycles. The molecule has 5 rings (SSSR count). The molecule has 0 saturated carbocycles. The van der Waals surface area contributed by atoms with Gasteiger partial charge in [-0.3, -0.25) is 9.36 Å². The molecule has 2 aromatic heterocycles. The summed E-state index contributed by atoms with van der Waals surface area (Å²) in [6, 6.07) is 22.6. The van der Waals surface area contributed by atoms with E-state index in [0.717, 1.165) is 11.3 Å². The topological polar surface area (TPSA) is 85.7 Å². The Labute approximate surface area is 204 Å². The minimum absolute atomic E-state index is 0.165. The molecule has 0 radical (unpaired) electrons. The lowest BCUT2D eigenvalue weighted by Gasteiger charge is -2.14. The number of nitrogens with one attached hydrogen (secondary N) is 1. The number of hydrogen-bond acceptors (Lipinski definition) is 6. The van der Waals surface area contributed by atoms with E-state index in [2.05, 4.69) is 20.2 Å². The van der Waals surface area contributed by atoms with Gasteiger partial charge in [-0.2, -0.15) is 0 Å². The van der Waals surface area contributed by atoms with E-state index in [1.165, 1.54) is 11.8 Å². The van der Waals surface area contributed by atoms with Crippen LogP contribution in [0.15, 0.2) is 82.7 Å². The van der Waals surface area contributed by atoms with E-state index < -0.39 is 0 Å². The maximum absolute atomic E-state index is 12.6. The lowest BCUT2D eigenvalue weighted by atomic mass is 10.2. The van der Waals surface area contributed by atoms with Crippen molar-refractivity contribution in [1.82, 2.24) is 24.7 Å². The van der Waals surface area contributed by atoms with Gasteiger partial charge in [-0.15, -0.1) is 10.2 Å². The molecule has 0 bridgehead atoms. The highest BCUT2D eigenvalue weighted by atomic mass is 35.5. The van der Waals surface area contributed by atoms with Crippen LogP contribution in [-0.4, -0.2) is 31.8 Å². The van der Waals surface area contributed by atoms with E-state index in [-0.39, 0.29) is 10.8 Å². The molecule has 0 aliphatic carbocycles. The molecule has 9 heteroatoms. The molecule has 1 N–H and O–H groups in total. The summed E-state index contributed by atoms with van der Waals surface area (Å²) in [5, 5.41) is 10.4. The average Bonchev–Trinajstić information content (AvgIpc) is 3.28. The minimum Gasteiger partial charge on any atom is -0.495 e. The van der Waals surface area contributed by atoms with Crippen molar-refractivity contribution < 1.29 is 4.74 Å². The molecule has 0 aliphatic heterocycles. The Morgan fingerprint density at radius 2 is 1.79 bits per heavy atom. The van der Waals surface area contributed by atoms with Crippen molar-refractivity contribution in [2.75, 3.05) is 7.11 Å². The number of fused-ring (bicyclic) bond motifs is 1. The summed E-state index contributed by atoms with van der Waals surface area (Å²) in [6.45, 7) is 1.97. The predicted octanol–water partition coefficient (Wildman–Crippen LogP) is 5.69. The number of aromatic amines is 1. The fourth-order valence-corrected chi connectivity index (χ4v) is 4.84. The van der Waals surface area contributed by atoms with Gasteiger partial charge in [-0.1, -0.05) is 65.8 Å². The number of rotatable bonds is 6. The SMILES string of the molecule is COc1ccc(-n2c(SC(C)c3nc4ccccc4c(=O)[nH]3)nnc2-c2ccccc2)cc1Cl. The zero-order chi connectivity index (χ0) is 23.7. The predicted molar refractivity (Wildman–Crippen MR) is 135 cm³/mol. The maximum atomic E-state index is 12.6. The third-order valence-electron chi connectivity index (χ3n) is 5.36. The molecule has 0 aliphatic rings. The van der Waals surface area contributed by atoms with Crippen molar-refractivity contribution in [2.45, 2.75) is 17.3 Å². The van der Waals surface area contributed by atoms with E-state index in [1.807, 2.05) is 78.2 Å². The van der Waals surface area contributed by atoms with Gasteiger partial charge in [-0.25, -0.2) is 4.98 Å². The number of thioether (sulfide) groups is 1. The molecule has 34 heavy (non-hydrogen) atoms. The number of para-hydroxylation sites is 1. The Morgan fingerprint density at radius 3 is 2.56 bits per heavy atom. The molecule has 0 amide bonds. The third kappa shape index (κ3) is 4.18. The Bertz CT molecular complexity index is 1530. The molecule has 0 spiro atoms. The standard InChI is InChI=1S/C25H20ClN5O2S/c1-15(22-27-20-11-7-6-10-18(20)24(32)28-22)34-25-30-29-23(16-8-4-3-5-9-16)31(25)17-12-13-21(33-2)19(26)14-17/h3-15H,1-2H3,(H,27,28,32). The van der Waals surface area contributed by atoms with Gasteiger partial charge in [0, 0.05) is 5.56 Å². The summed E-state index contributed by atoms with van der Waals surface area (Å²) >= 11 is 7.89. The van der Waals surface area contributed by atoms with Crippen LogP contribution in [0, 0.1) is 0 Å². The molecule has 5 aromatic rings. The van der Waals surface area contributed by atoms with Crippen LogP contribution >= 0.6 is 23.4 Å². The number of benzene rings is 3. The second kappa shape index (κ2) is 9.32. The summed E-state index contributed by atoms with van der Waals surface area (Å²) in [4.78, 5) is 20.1. The Morgan fingerprint density at radius 1 is 1.03 bits per heavy atom. The van der Waals surface area contributed by atoms with Crippen molar-refractivity contribution in [2.24, 2.45) is 0 Å². The summed E-state index contributed by atoms with van der Waals surface area (Å²) in [5.74, 6) is 1.83. The van der Waals surface area contributed by atoms with Crippen molar-refractivity contribution in [3.05, 3.63) is 94.0 Å². The second-order valence-corrected chi connectivity index (χ2v) is 9.27. The van der Waals surface area contributed by atoms with Gasteiger partial charge in [0.1, 0.15) is 11.6 Å². The number of ether oxygens (including phenoxy) is 1. The van der Waals surface area contributed by atoms with Crippen molar-refractivity contribution >= 4 is 34.3 Å². The highest BCUT2D eigenvalue weighted by Crippen LogP contribution is 2.37. The molecular weight excluding hydrogens is 470 g/mol. The number of nitrogens with zero attached hydrogens (tertiary/aromatic N) is 4. The molecule has 7 nitrogen and oxygen atoms in total. The lowest BCUT2D eigenvalue weighted by molar-refractivity contribution is 0.415. The van der Waals surface area contributed by atoms with E-state index in [4.69, 9.17) is 16.3 Å². The quantitative estimate of drug-likeness (QED) is 0.308. The summed E-state index contributed by atoms with van der Waals surface area (Å²) in [7, 11) is 1.58. The van der Waals surface area contributed by atoms with Crippen molar-refractivity contribution in [3.8, 4) is 22.8 Å². The van der Waals surface area contributed by atoms with Gasteiger partial charge in [0.25, 0.3) is 5.56 Å². The fraction of sp³-hybridized carbons (Fsp3) is 0.120. The van der Waals surface area contributed by atoms with Gasteiger partial charge in [0.15, 0.2) is 11.0 Å². The molecule has 1 atom stereocenters. The van der Waals surface area contributed by atoms with Crippen molar-refractivity contribution in [3.63, 3.8) is 0 Å². The minimum atomic E-state index is -0.197. The molecule has 2 heterocycles. The van der Waals surface area contributed by atoms with Crippen LogP contribution in [0.2, 0.25) is 5.02 Å². The smallest absolute Gasteiger partial charge is 0.258 e. The van der Waals surface area contributed by atoms with Crippen LogP contribution in [0.1, 0.15) is 18.0 Å². The van der Waals surface area contributed by atoms with E-state index in [1.54, 1.807) is 13.2 Å².